The van der Waals surface area contributed by atoms with E-state index in [0.29, 0.717) is 0 Å². The van der Waals surface area contributed by atoms with Gasteiger partial charge in [0.25, 0.3) is 0 Å². The van der Waals surface area contributed by atoms with E-state index in [2.05, 4.69) is 14.4 Å². The molecule has 1 aliphatic carbocycles. The molecule has 0 radical (unpaired) electrons. The second kappa shape index (κ2) is 8.90. The monoisotopic (exact) mass is 414 g/mol. The number of halogens is 1. The Labute approximate surface area is 166 Å². The number of ether oxygens (including phenoxy) is 1. The van der Waals surface area contributed by atoms with Gasteiger partial charge in [0.15, 0.2) is 0 Å². The van der Waals surface area contributed by atoms with E-state index in [0.717, 1.165) is 38.4 Å². The van der Waals surface area contributed by atoms with E-state index in [-0.39, 0.29) is 21.5 Å². The molecule has 2 aliphatic rings. The fourth-order valence-electron chi connectivity index (χ4n) is 4.03. The number of methoxy groups -OCH3 is 1. The molecular weight excluding hydrogens is 388 g/mol. The highest BCUT2D eigenvalue weighted by atomic mass is 35.5. The van der Waals surface area contributed by atoms with E-state index < -0.39 is 16.0 Å². The Morgan fingerprint density at radius 1 is 1.22 bits per heavy atom. The first-order valence-corrected chi connectivity index (χ1v) is 11.4. The van der Waals surface area contributed by atoms with E-state index in [1.54, 1.807) is 0 Å². The predicted molar refractivity (Wildman–Crippen MR) is 105 cm³/mol. The highest BCUT2D eigenvalue weighted by molar-refractivity contribution is 7.89. The normalized spacial score (nSPS) is 20.1. The van der Waals surface area contributed by atoms with Crippen molar-refractivity contribution in [3.05, 3.63) is 28.8 Å². The van der Waals surface area contributed by atoms with Crippen LogP contribution in [0.5, 0.6) is 0 Å². The number of rotatable bonds is 6. The van der Waals surface area contributed by atoms with Gasteiger partial charge in [0.05, 0.1) is 17.7 Å². The van der Waals surface area contributed by atoms with Gasteiger partial charge < -0.3 is 9.64 Å². The summed E-state index contributed by atoms with van der Waals surface area (Å²) in [6.07, 6.45) is 6.88. The zero-order valence-electron chi connectivity index (χ0n) is 15.6. The van der Waals surface area contributed by atoms with Crippen LogP contribution in [0.2, 0.25) is 5.02 Å². The standard InChI is InChI=1S/C19H27ClN2O4S/c1-26-19(23)15-6-7-17(20)18(12-15)27(24,25)21-16-8-10-22(11-9-16)13-14-4-2-3-5-14/h6-7,12,14,16,21H,2-5,8-11,13H2,1H3. The largest absolute Gasteiger partial charge is 0.465 e. The third kappa shape index (κ3) is 5.22. The zero-order valence-corrected chi connectivity index (χ0v) is 17.2. The number of hydrogen-bond acceptors (Lipinski definition) is 5. The highest BCUT2D eigenvalue weighted by Crippen LogP contribution is 2.27. The summed E-state index contributed by atoms with van der Waals surface area (Å²) < 4.78 is 33.0. The van der Waals surface area contributed by atoms with E-state index in [1.807, 2.05) is 0 Å². The molecule has 0 unspecified atom stereocenters. The van der Waals surface area contributed by atoms with E-state index in [9.17, 15) is 13.2 Å². The molecule has 1 heterocycles. The first-order chi connectivity index (χ1) is 12.9. The van der Waals surface area contributed by atoms with E-state index in [1.165, 1.54) is 51.0 Å². The summed E-state index contributed by atoms with van der Waals surface area (Å²) in [5.74, 6) is 0.210. The number of likely N-dealkylation sites (tertiary alicyclic amines) is 1. The Morgan fingerprint density at radius 2 is 1.89 bits per heavy atom. The Morgan fingerprint density at radius 3 is 2.52 bits per heavy atom. The Kier molecular flexibility index (Phi) is 6.78. The number of piperidine rings is 1. The topological polar surface area (TPSA) is 75.7 Å². The second-order valence-electron chi connectivity index (χ2n) is 7.48. The number of nitrogens with zero attached hydrogens (tertiary/aromatic N) is 1. The van der Waals surface area contributed by atoms with Gasteiger partial charge >= 0.3 is 5.97 Å². The summed E-state index contributed by atoms with van der Waals surface area (Å²) in [6, 6.07) is 4.01. The van der Waals surface area contributed by atoms with Crippen molar-refractivity contribution in [2.75, 3.05) is 26.7 Å². The minimum Gasteiger partial charge on any atom is -0.465 e. The van der Waals surface area contributed by atoms with Crippen LogP contribution < -0.4 is 4.72 Å². The molecule has 1 N–H and O–H groups in total. The van der Waals surface area contributed by atoms with Gasteiger partial charge in [-0.3, -0.25) is 0 Å². The quantitative estimate of drug-likeness (QED) is 0.724. The molecule has 27 heavy (non-hydrogen) atoms. The first kappa shape index (κ1) is 20.6. The number of esters is 1. The molecule has 0 spiro atoms. The maximum Gasteiger partial charge on any atom is 0.337 e. The first-order valence-electron chi connectivity index (χ1n) is 9.51. The van der Waals surface area contributed by atoms with Crippen molar-refractivity contribution in [3.63, 3.8) is 0 Å². The average Bonchev–Trinajstić information content (AvgIpc) is 3.16. The molecule has 1 aliphatic heterocycles. The number of benzene rings is 1. The van der Waals surface area contributed by atoms with Gasteiger partial charge in [-0.2, -0.15) is 0 Å². The number of nitrogens with one attached hydrogen (secondary N) is 1. The predicted octanol–water partition coefficient (Wildman–Crippen LogP) is 3.06. The van der Waals surface area contributed by atoms with Crippen molar-refractivity contribution in [2.24, 2.45) is 5.92 Å². The summed E-state index contributed by atoms with van der Waals surface area (Å²) in [7, 11) is -2.55. The van der Waals surface area contributed by atoms with Crippen molar-refractivity contribution in [3.8, 4) is 0 Å². The Balaban J connectivity index is 1.61. The van der Waals surface area contributed by atoms with Gasteiger partial charge in [0.1, 0.15) is 4.90 Å². The Bertz CT molecular complexity index is 770. The lowest BCUT2D eigenvalue weighted by atomic mass is 10.0. The average molecular weight is 415 g/mol. The van der Waals surface area contributed by atoms with Crippen LogP contribution in [0.3, 0.4) is 0 Å². The van der Waals surface area contributed by atoms with Crippen molar-refractivity contribution < 1.29 is 17.9 Å². The molecule has 1 saturated heterocycles. The van der Waals surface area contributed by atoms with Crippen LogP contribution in [0.1, 0.15) is 48.9 Å². The number of sulfonamides is 1. The lowest BCUT2D eigenvalue weighted by Gasteiger charge is -2.33. The SMILES string of the molecule is COC(=O)c1ccc(Cl)c(S(=O)(=O)NC2CCN(CC3CCCC3)CC2)c1. The minimum absolute atomic E-state index is 0.0829. The van der Waals surface area contributed by atoms with Crippen molar-refractivity contribution >= 4 is 27.6 Å². The highest BCUT2D eigenvalue weighted by Gasteiger charge is 2.28. The lowest BCUT2D eigenvalue weighted by molar-refractivity contribution is 0.0600. The minimum atomic E-state index is -3.80. The molecule has 1 saturated carbocycles. The van der Waals surface area contributed by atoms with Gasteiger partial charge in [0, 0.05) is 12.6 Å². The van der Waals surface area contributed by atoms with Gasteiger partial charge in [-0.05, 0) is 62.9 Å². The number of carbonyl (C=O) groups excluding carboxylic acids is 1. The molecule has 3 rings (SSSR count). The lowest BCUT2D eigenvalue weighted by Crippen LogP contribution is -2.45. The van der Waals surface area contributed by atoms with Crippen molar-refractivity contribution in [1.82, 2.24) is 9.62 Å². The zero-order chi connectivity index (χ0) is 19.4. The maximum atomic E-state index is 12.8. The van der Waals surface area contributed by atoms with E-state index >= 15 is 0 Å². The van der Waals surface area contributed by atoms with Crippen LogP contribution in [-0.2, 0) is 14.8 Å². The van der Waals surface area contributed by atoms with Crippen molar-refractivity contribution in [1.29, 1.82) is 0 Å². The molecule has 1 aromatic carbocycles. The van der Waals surface area contributed by atoms with Gasteiger partial charge in [0.2, 0.25) is 10.0 Å². The fraction of sp³-hybridized carbons (Fsp3) is 0.632. The number of hydrogen-bond donors (Lipinski definition) is 1. The van der Waals surface area contributed by atoms with Crippen LogP contribution in [-0.4, -0.2) is 52.1 Å². The van der Waals surface area contributed by atoms with Crippen LogP contribution in [0.25, 0.3) is 0 Å². The molecule has 2 fully saturated rings. The van der Waals surface area contributed by atoms with Gasteiger partial charge in [-0.1, -0.05) is 24.4 Å². The molecule has 6 nitrogen and oxygen atoms in total. The molecule has 8 heteroatoms. The third-order valence-electron chi connectivity index (χ3n) is 5.54. The summed E-state index contributed by atoms with van der Waals surface area (Å²) in [5, 5.41) is 0.0915. The van der Waals surface area contributed by atoms with Gasteiger partial charge in [-0.15, -0.1) is 0 Å². The molecule has 0 aromatic heterocycles. The molecule has 1 aromatic rings. The molecular formula is C19H27ClN2O4S. The van der Waals surface area contributed by atoms with Crippen LogP contribution in [0.4, 0.5) is 0 Å². The molecule has 0 amide bonds. The van der Waals surface area contributed by atoms with Crippen LogP contribution in [0.15, 0.2) is 23.1 Å². The second-order valence-corrected chi connectivity index (χ2v) is 9.57. The van der Waals surface area contributed by atoms with Crippen LogP contribution >= 0.6 is 11.6 Å². The summed E-state index contributed by atoms with van der Waals surface area (Å²) in [6.45, 7) is 2.94. The fourth-order valence-corrected chi connectivity index (χ4v) is 5.86. The van der Waals surface area contributed by atoms with Gasteiger partial charge in [-0.25, -0.2) is 17.9 Å². The summed E-state index contributed by atoms with van der Waals surface area (Å²) >= 11 is 6.09. The maximum absolute atomic E-state index is 12.8. The number of carbonyl (C=O) groups is 1. The van der Waals surface area contributed by atoms with E-state index in [4.69, 9.17) is 11.6 Å². The Hall–Kier alpha value is -1.15. The van der Waals surface area contributed by atoms with Crippen LogP contribution in [0, 0.1) is 5.92 Å². The molecule has 0 bridgehead atoms. The molecule has 0 atom stereocenters. The smallest absolute Gasteiger partial charge is 0.337 e. The van der Waals surface area contributed by atoms with Crippen molar-refractivity contribution in [2.45, 2.75) is 49.5 Å². The summed E-state index contributed by atoms with van der Waals surface area (Å²) in [4.78, 5) is 14.1. The third-order valence-corrected chi connectivity index (χ3v) is 7.54. The molecule has 150 valence electrons. The summed E-state index contributed by atoms with van der Waals surface area (Å²) in [5.41, 5.74) is 0.161.